The monoisotopic (exact) mass is 446 g/mol. The number of aromatic nitrogens is 2. The van der Waals surface area contributed by atoms with Crippen LogP contribution in [0.2, 0.25) is 0 Å². The number of piperidine rings is 1. The van der Waals surface area contributed by atoms with E-state index in [2.05, 4.69) is 36.5 Å². The summed E-state index contributed by atoms with van der Waals surface area (Å²) in [6.07, 6.45) is 6.52. The molecular weight excluding hydrogens is 416 g/mol. The van der Waals surface area contributed by atoms with E-state index in [1.807, 2.05) is 35.7 Å². The summed E-state index contributed by atoms with van der Waals surface area (Å²) in [5.74, 6) is -0.151. The highest BCUT2D eigenvalue weighted by Crippen LogP contribution is 2.26. The molecule has 172 valence electrons. The maximum atomic E-state index is 12.7. The summed E-state index contributed by atoms with van der Waals surface area (Å²) in [4.78, 5) is 31.1. The SMILES string of the molecule is CCOC(=O)N1CCC(NC(=O)/C=C/c2c(-c3ccc(C)cc3)nc3cc(C)ccn23)CC1. The zero-order valence-corrected chi connectivity index (χ0v) is 19.4. The number of hydrogen-bond donors (Lipinski definition) is 1. The molecular formula is C26H30N4O3. The van der Waals surface area contributed by atoms with Gasteiger partial charge < -0.3 is 15.0 Å². The molecule has 33 heavy (non-hydrogen) atoms. The number of ether oxygens (including phenoxy) is 1. The number of benzene rings is 1. The van der Waals surface area contributed by atoms with E-state index in [0.29, 0.717) is 32.5 Å². The number of hydrogen-bond acceptors (Lipinski definition) is 4. The molecule has 1 aromatic carbocycles. The van der Waals surface area contributed by atoms with Gasteiger partial charge in [0.15, 0.2) is 0 Å². The molecule has 2 aromatic heterocycles. The Morgan fingerprint density at radius 1 is 1.12 bits per heavy atom. The molecule has 0 radical (unpaired) electrons. The quantitative estimate of drug-likeness (QED) is 0.591. The fraction of sp³-hybridized carbons (Fsp3) is 0.346. The second kappa shape index (κ2) is 9.90. The van der Waals surface area contributed by atoms with Gasteiger partial charge in [0.05, 0.1) is 18.0 Å². The number of rotatable bonds is 5. The minimum absolute atomic E-state index is 0.0363. The van der Waals surface area contributed by atoms with Gasteiger partial charge in [0.1, 0.15) is 5.65 Å². The van der Waals surface area contributed by atoms with E-state index in [9.17, 15) is 9.59 Å². The minimum Gasteiger partial charge on any atom is -0.450 e. The third-order valence-electron chi connectivity index (χ3n) is 5.90. The highest BCUT2D eigenvalue weighted by Gasteiger charge is 2.24. The van der Waals surface area contributed by atoms with Gasteiger partial charge in [0, 0.05) is 37.0 Å². The zero-order valence-electron chi connectivity index (χ0n) is 19.4. The van der Waals surface area contributed by atoms with E-state index < -0.39 is 0 Å². The van der Waals surface area contributed by atoms with E-state index in [1.54, 1.807) is 17.9 Å². The molecule has 1 aliphatic rings. The number of aryl methyl sites for hydroxylation is 2. The lowest BCUT2D eigenvalue weighted by Gasteiger charge is -2.31. The molecule has 0 spiro atoms. The summed E-state index contributed by atoms with van der Waals surface area (Å²) in [6.45, 7) is 7.42. The highest BCUT2D eigenvalue weighted by molar-refractivity contribution is 5.93. The molecule has 7 nitrogen and oxygen atoms in total. The molecule has 0 atom stereocenters. The summed E-state index contributed by atoms with van der Waals surface area (Å²) in [6, 6.07) is 12.3. The molecule has 1 saturated heterocycles. The van der Waals surface area contributed by atoms with Crippen molar-refractivity contribution in [3.8, 4) is 11.3 Å². The van der Waals surface area contributed by atoms with Crippen LogP contribution in [0, 0.1) is 13.8 Å². The number of imidazole rings is 1. The van der Waals surface area contributed by atoms with Crippen molar-refractivity contribution in [2.24, 2.45) is 0 Å². The number of nitrogens with one attached hydrogen (secondary N) is 1. The van der Waals surface area contributed by atoms with Crippen LogP contribution >= 0.6 is 0 Å². The van der Waals surface area contributed by atoms with E-state index in [-0.39, 0.29) is 18.0 Å². The third kappa shape index (κ3) is 5.25. The molecule has 7 heteroatoms. The normalized spacial score (nSPS) is 14.7. The van der Waals surface area contributed by atoms with Gasteiger partial charge in [-0.1, -0.05) is 29.8 Å². The lowest BCUT2D eigenvalue weighted by atomic mass is 10.1. The Morgan fingerprint density at radius 2 is 1.85 bits per heavy atom. The maximum absolute atomic E-state index is 12.7. The lowest BCUT2D eigenvalue weighted by Crippen LogP contribution is -2.46. The van der Waals surface area contributed by atoms with Crippen molar-refractivity contribution in [3.63, 3.8) is 0 Å². The number of carbonyl (C=O) groups is 2. The molecule has 3 aromatic rings. The van der Waals surface area contributed by atoms with E-state index in [4.69, 9.17) is 9.72 Å². The average Bonchev–Trinajstić information content (AvgIpc) is 3.16. The third-order valence-corrected chi connectivity index (χ3v) is 5.90. The average molecular weight is 447 g/mol. The summed E-state index contributed by atoms with van der Waals surface area (Å²) in [7, 11) is 0. The summed E-state index contributed by atoms with van der Waals surface area (Å²) >= 11 is 0. The second-order valence-corrected chi connectivity index (χ2v) is 8.45. The van der Waals surface area contributed by atoms with Crippen molar-refractivity contribution in [1.82, 2.24) is 19.6 Å². The molecule has 0 aliphatic carbocycles. The van der Waals surface area contributed by atoms with Gasteiger partial charge in [-0.15, -0.1) is 0 Å². The van der Waals surface area contributed by atoms with Crippen molar-refractivity contribution in [1.29, 1.82) is 0 Å². The number of likely N-dealkylation sites (tertiary alicyclic amines) is 1. The summed E-state index contributed by atoms with van der Waals surface area (Å²) in [5.41, 5.74) is 5.87. The Balaban J connectivity index is 1.49. The van der Waals surface area contributed by atoms with Gasteiger partial charge in [-0.05, 0) is 57.4 Å². The van der Waals surface area contributed by atoms with Crippen LogP contribution < -0.4 is 5.32 Å². The van der Waals surface area contributed by atoms with E-state index in [1.165, 1.54) is 5.56 Å². The molecule has 0 unspecified atom stereocenters. The molecule has 1 aliphatic heterocycles. The van der Waals surface area contributed by atoms with Crippen molar-refractivity contribution < 1.29 is 14.3 Å². The molecule has 3 heterocycles. The van der Waals surface area contributed by atoms with E-state index in [0.717, 1.165) is 28.2 Å². The van der Waals surface area contributed by atoms with Crippen molar-refractivity contribution in [2.45, 2.75) is 39.7 Å². The first-order valence-electron chi connectivity index (χ1n) is 11.4. The Bertz CT molecular complexity index is 1170. The number of amides is 2. The predicted octanol–water partition coefficient (Wildman–Crippen LogP) is 4.37. The van der Waals surface area contributed by atoms with Crippen molar-refractivity contribution in [3.05, 3.63) is 65.5 Å². The van der Waals surface area contributed by atoms with Crippen LogP contribution in [0.25, 0.3) is 23.0 Å². The Hall–Kier alpha value is -3.61. The molecule has 1 N–H and O–H groups in total. The van der Waals surface area contributed by atoms with Crippen LogP contribution in [0.1, 0.15) is 36.6 Å². The smallest absolute Gasteiger partial charge is 0.409 e. The van der Waals surface area contributed by atoms with Crippen LogP contribution in [0.5, 0.6) is 0 Å². The zero-order chi connectivity index (χ0) is 23.4. The number of fused-ring (bicyclic) bond motifs is 1. The summed E-state index contributed by atoms with van der Waals surface area (Å²) < 4.78 is 7.06. The molecule has 0 bridgehead atoms. The Labute approximate surface area is 194 Å². The molecule has 4 rings (SSSR count). The van der Waals surface area contributed by atoms with Crippen LogP contribution in [-0.2, 0) is 9.53 Å². The van der Waals surface area contributed by atoms with Crippen LogP contribution in [0.4, 0.5) is 4.79 Å². The van der Waals surface area contributed by atoms with Gasteiger partial charge in [-0.3, -0.25) is 9.20 Å². The predicted molar refractivity (Wildman–Crippen MR) is 129 cm³/mol. The standard InChI is InChI=1S/C26H30N4O3/c1-4-33-26(32)29-14-12-21(13-15-29)27-24(31)10-9-22-25(20-7-5-18(2)6-8-20)28-23-17-19(3)11-16-30(22)23/h5-11,16-17,21H,4,12-15H2,1-3H3,(H,27,31)/b10-9+. The Kier molecular flexibility index (Phi) is 6.77. The van der Waals surface area contributed by atoms with E-state index >= 15 is 0 Å². The first-order chi connectivity index (χ1) is 15.9. The largest absolute Gasteiger partial charge is 0.450 e. The second-order valence-electron chi connectivity index (χ2n) is 8.45. The molecule has 0 saturated carbocycles. The first-order valence-corrected chi connectivity index (χ1v) is 11.4. The fourth-order valence-corrected chi connectivity index (χ4v) is 4.07. The van der Waals surface area contributed by atoms with Gasteiger partial charge in [-0.2, -0.15) is 0 Å². The number of pyridine rings is 1. The number of carbonyl (C=O) groups excluding carboxylic acids is 2. The Morgan fingerprint density at radius 3 is 2.55 bits per heavy atom. The molecule has 1 fully saturated rings. The topological polar surface area (TPSA) is 75.9 Å². The number of nitrogens with zero attached hydrogens (tertiary/aromatic N) is 3. The minimum atomic E-state index is -0.284. The highest BCUT2D eigenvalue weighted by atomic mass is 16.6. The van der Waals surface area contributed by atoms with Crippen LogP contribution in [0.3, 0.4) is 0 Å². The lowest BCUT2D eigenvalue weighted by molar-refractivity contribution is -0.117. The van der Waals surface area contributed by atoms with Gasteiger partial charge in [0.25, 0.3) is 0 Å². The van der Waals surface area contributed by atoms with Gasteiger partial charge in [0.2, 0.25) is 5.91 Å². The van der Waals surface area contributed by atoms with Gasteiger partial charge in [-0.25, -0.2) is 9.78 Å². The summed E-state index contributed by atoms with van der Waals surface area (Å²) in [5, 5.41) is 3.06. The van der Waals surface area contributed by atoms with Gasteiger partial charge >= 0.3 is 6.09 Å². The maximum Gasteiger partial charge on any atom is 0.409 e. The van der Waals surface area contributed by atoms with Crippen molar-refractivity contribution >= 4 is 23.7 Å². The molecule has 2 amide bonds. The first kappa shape index (κ1) is 22.6. The fourth-order valence-electron chi connectivity index (χ4n) is 4.07. The van der Waals surface area contributed by atoms with Crippen LogP contribution in [-0.4, -0.2) is 52.0 Å². The van der Waals surface area contributed by atoms with Crippen LogP contribution in [0.15, 0.2) is 48.7 Å². The van der Waals surface area contributed by atoms with Crippen molar-refractivity contribution in [2.75, 3.05) is 19.7 Å².